The van der Waals surface area contributed by atoms with E-state index in [1.807, 2.05) is 24.3 Å². The first-order chi connectivity index (χ1) is 17.7. The molecule has 0 aliphatic heterocycles. The minimum absolute atomic E-state index is 0.0563. The van der Waals surface area contributed by atoms with Crippen LogP contribution < -0.4 is 5.32 Å². The maximum absolute atomic E-state index is 12.2. The predicted octanol–water partition coefficient (Wildman–Crippen LogP) is 5.46. The average molecular weight is 498 g/mol. The summed E-state index contributed by atoms with van der Waals surface area (Å²) in [4.78, 5) is 23.7. The molecule has 0 fully saturated rings. The van der Waals surface area contributed by atoms with Gasteiger partial charge in [0.2, 0.25) is 0 Å². The van der Waals surface area contributed by atoms with Crippen molar-refractivity contribution in [1.82, 2.24) is 5.32 Å². The number of carbonyl (C=O) groups is 2. The van der Waals surface area contributed by atoms with E-state index in [-0.39, 0.29) is 18.5 Å². The molecular formula is C29H39NO6. The Labute approximate surface area is 214 Å². The van der Waals surface area contributed by atoms with Crippen molar-refractivity contribution in [3.8, 4) is 11.1 Å². The second kappa shape index (κ2) is 16.0. The highest BCUT2D eigenvalue weighted by atomic mass is 16.6. The van der Waals surface area contributed by atoms with Crippen molar-refractivity contribution in [2.24, 2.45) is 0 Å². The molecule has 0 spiro atoms. The van der Waals surface area contributed by atoms with Gasteiger partial charge in [-0.3, -0.25) is 4.79 Å². The summed E-state index contributed by atoms with van der Waals surface area (Å²) >= 11 is 0. The minimum atomic E-state index is -0.417. The molecule has 7 nitrogen and oxygen atoms in total. The van der Waals surface area contributed by atoms with Gasteiger partial charge in [0, 0.05) is 25.5 Å². The summed E-state index contributed by atoms with van der Waals surface area (Å²) in [5.74, 6) is -0.101. The summed E-state index contributed by atoms with van der Waals surface area (Å²) in [5, 5.41) is 2.78. The summed E-state index contributed by atoms with van der Waals surface area (Å²) in [6.07, 6.45) is 5.01. The molecule has 196 valence electrons. The zero-order valence-corrected chi connectivity index (χ0v) is 21.3. The predicted molar refractivity (Wildman–Crippen MR) is 139 cm³/mol. The minimum Gasteiger partial charge on any atom is -0.463 e. The molecule has 36 heavy (non-hydrogen) atoms. The van der Waals surface area contributed by atoms with Crippen molar-refractivity contribution in [2.75, 3.05) is 46.2 Å². The molecule has 1 aliphatic rings. The van der Waals surface area contributed by atoms with Crippen molar-refractivity contribution < 1.29 is 28.5 Å². The molecule has 0 unspecified atom stereocenters. The van der Waals surface area contributed by atoms with Crippen molar-refractivity contribution in [3.63, 3.8) is 0 Å². The summed E-state index contributed by atoms with van der Waals surface area (Å²) in [6.45, 7) is 4.98. The topological polar surface area (TPSA) is 83.1 Å². The van der Waals surface area contributed by atoms with Crippen LogP contribution in [0.1, 0.15) is 62.5 Å². The number of esters is 1. The van der Waals surface area contributed by atoms with Crippen LogP contribution in [0.2, 0.25) is 0 Å². The van der Waals surface area contributed by atoms with E-state index in [4.69, 9.17) is 18.9 Å². The number of unbranched alkanes of at least 4 members (excludes halogenated alkanes) is 3. The average Bonchev–Trinajstić information content (AvgIpc) is 3.22. The lowest BCUT2D eigenvalue weighted by atomic mass is 9.98. The smallest absolute Gasteiger partial charge is 0.407 e. The first kappa shape index (κ1) is 27.7. The van der Waals surface area contributed by atoms with Crippen molar-refractivity contribution >= 4 is 12.1 Å². The molecule has 7 heteroatoms. The highest BCUT2D eigenvalue weighted by Crippen LogP contribution is 2.44. The third-order valence-corrected chi connectivity index (χ3v) is 6.18. The third-order valence-electron chi connectivity index (χ3n) is 6.18. The van der Waals surface area contributed by atoms with Crippen LogP contribution in [0.25, 0.3) is 11.1 Å². The third kappa shape index (κ3) is 8.95. The summed E-state index contributed by atoms with van der Waals surface area (Å²) in [5.41, 5.74) is 4.81. The van der Waals surface area contributed by atoms with E-state index in [2.05, 4.69) is 36.5 Å². The van der Waals surface area contributed by atoms with Crippen LogP contribution >= 0.6 is 0 Å². The number of hydrogen-bond donors (Lipinski definition) is 1. The van der Waals surface area contributed by atoms with Gasteiger partial charge in [0.05, 0.1) is 19.8 Å². The number of nitrogens with one attached hydrogen (secondary N) is 1. The van der Waals surface area contributed by atoms with Gasteiger partial charge in [0.15, 0.2) is 0 Å². The van der Waals surface area contributed by atoms with Crippen LogP contribution in [0.15, 0.2) is 48.5 Å². The van der Waals surface area contributed by atoms with Crippen LogP contribution in [-0.2, 0) is 23.7 Å². The summed E-state index contributed by atoms with van der Waals surface area (Å²) in [6, 6.07) is 16.5. The largest absolute Gasteiger partial charge is 0.463 e. The quantitative estimate of drug-likeness (QED) is 0.231. The molecule has 3 rings (SSSR count). The van der Waals surface area contributed by atoms with Crippen molar-refractivity contribution in [3.05, 3.63) is 59.7 Å². The molecule has 1 N–H and O–H groups in total. The molecule has 1 aliphatic carbocycles. The number of ether oxygens (including phenoxy) is 4. The van der Waals surface area contributed by atoms with E-state index in [0.29, 0.717) is 52.4 Å². The fourth-order valence-electron chi connectivity index (χ4n) is 4.32. The Hall–Kier alpha value is -2.90. The number of fused-ring (bicyclic) bond motifs is 3. The summed E-state index contributed by atoms with van der Waals surface area (Å²) < 4.78 is 21.6. The van der Waals surface area contributed by atoms with E-state index >= 15 is 0 Å². The Morgan fingerprint density at radius 3 is 2.08 bits per heavy atom. The van der Waals surface area contributed by atoms with Gasteiger partial charge in [-0.1, -0.05) is 74.7 Å². The number of amides is 1. The maximum Gasteiger partial charge on any atom is 0.407 e. The molecule has 2 aromatic rings. The van der Waals surface area contributed by atoms with Crippen LogP contribution in [0.5, 0.6) is 0 Å². The van der Waals surface area contributed by atoms with Crippen molar-refractivity contribution in [1.29, 1.82) is 0 Å². The van der Waals surface area contributed by atoms with E-state index in [9.17, 15) is 9.59 Å². The molecule has 0 saturated heterocycles. The highest BCUT2D eigenvalue weighted by Gasteiger charge is 2.28. The van der Waals surface area contributed by atoms with Gasteiger partial charge in [-0.15, -0.1) is 0 Å². The van der Waals surface area contributed by atoms with Gasteiger partial charge in [-0.05, 0) is 35.1 Å². The molecule has 0 saturated carbocycles. The lowest BCUT2D eigenvalue weighted by molar-refractivity contribution is -0.145. The first-order valence-electron chi connectivity index (χ1n) is 13.1. The molecule has 0 radical (unpaired) electrons. The number of rotatable bonds is 17. The second-order valence-corrected chi connectivity index (χ2v) is 8.86. The van der Waals surface area contributed by atoms with Crippen LogP contribution in [0.4, 0.5) is 4.79 Å². The fourth-order valence-corrected chi connectivity index (χ4v) is 4.32. The van der Waals surface area contributed by atoms with E-state index in [1.54, 1.807) is 0 Å². The molecule has 1 amide bonds. The standard InChI is InChI=1S/C29H39NO6/c1-2-3-4-5-15-28(31)35-21-20-34-19-18-33-17-10-16-30-29(32)36-22-27-25-13-8-6-11-23(25)24-12-7-9-14-26(24)27/h6-9,11-14,27H,2-5,10,15-22H2,1H3,(H,30,32). The van der Waals surface area contributed by atoms with Crippen LogP contribution in [0, 0.1) is 0 Å². The fraction of sp³-hybridized carbons (Fsp3) is 0.517. The molecule has 0 atom stereocenters. The molecule has 0 bridgehead atoms. The number of carbonyl (C=O) groups excluding carboxylic acids is 2. The van der Waals surface area contributed by atoms with Crippen LogP contribution in [-0.4, -0.2) is 58.2 Å². The monoisotopic (exact) mass is 497 g/mol. The van der Waals surface area contributed by atoms with Gasteiger partial charge in [-0.2, -0.15) is 0 Å². The zero-order chi connectivity index (χ0) is 25.4. The van der Waals surface area contributed by atoms with Crippen LogP contribution in [0.3, 0.4) is 0 Å². The van der Waals surface area contributed by atoms with E-state index in [1.165, 1.54) is 22.3 Å². The number of benzene rings is 2. The molecule has 0 heterocycles. The van der Waals surface area contributed by atoms with Gasteiger partial charge < -0.3 is 24.3 Å². The number of hydrogen-bond acceptors (Lipinski definition) is 6. The van der Waals surface area contributed by atoms with Gasteiger partial charge in [-0.25, -0.2) is 4.79 Å². The van der Waals surface area contributed by atoms with Crippen molar-refractivity contribution in [2.45, 2.75) is 51.4 Å². The van der Waals surface area contributed by atoms with Gasteiger partial charge in [0.25, 0.3) is 0 Å². The zero-order valence-electron chi connectivity index (χ0n) is 21.3. The summed E-state index contributed by atoms with van der Waals surface area (Å²) in [7, 11) is 0. The lowest BCUT2D eigenvalue weighted by Gasteiger charge is -2.14. The normalized spacial score (nSPS) is 12.1. The highest BCUT2D eigenvalue weighted by molar-refractivity contribution is 5.79. The van der Waals surface area contributed by atoms with Gasteiger partial charge >= 0.3 is 12.1 Å². The Bertz CT molecular complexity index is 901. The lowest BCUT2D eigenvalue weighted by Crippen LogP contribution is -2.27. The number of alkyl carbamates (subject to hydrolysis) is 1. The Balaban J connectivity index is 1.17. The Kier molecular flexibility index (Phi) is 12.3. The molecule has 2 aromatic carbocycles. The maximum atomic E-state index is 12.2. The first-order valence-corrected chi connectivity index (χ1v) is 13.1. The SMILES string of the molecule is CCCCCCC(=O)OCCOCCOCCCNC(=O)OCC1c2ccccc2-c2ccccc21. The van der Waals surface area contributed by atoms with Gasteiger partial charge in [0.1, 0.15) is 13.2 Å². The Morgan fingerprint density at radius 1 is 0.750 bits per heavy atom. The second-order valence-electron chi connectivity index (χ2n) is 8.86. The Morgan fingerprint density at radius 2 is 1.39 bits per heavy atom. The molecular weight excluding hydrogens is 458 g/mol. The van der Waals surface area contributed by atoms with E-state index < -0.39 is 6.09 Å². The molecule has 0 aromatic heterocycles. The van der Waals surface area contributed by atoms with E-state index in [0.717, 1.165) is 25.7 Å².